The summed E-state index contributed by atoms with van der Waals surface area (Å²) in [6, 6.07) is 17.1. The second-order valence-corrected chi connectivity index (χ2v) is 6.52. The van der Waals surface area contributed by atoms with E-state index in [4.69, 9.17) is 9.52 Å². The maximum absolute atomic E-state index is 11.0. The summed E-state index contributed by atoms with van der Waals surface area (Å²) in [6.45, 7) is 6.29. The summed E-state index contributed by atoms with van der Waals surface area (Å²) >= 11 is 0. The Morgan fingerprint density at radius 2 is 1.68 bits per heavy atom. The van der Waals surface area contributed by atoms with Crippen LogP contribution in [0.5, 0.6) is 0 Å². The van der Waals surface area contributed by atoms with Crippen molar-refractivity contribution in [3.63, 3.8) is 0 Å². The van der Waals surface area contributed by atoms with Crippen molar-refractivity contribution in [3.05, 3.63) is 77.0 Å². The van der Waals surface area contributed by atoms with Crippen LogP contribution in [-0.4, -0.2) is 11.1 Å². The lowest BCUT2D eigenvalue weighted by Gasteiger charge is -2.10. The van der Waals surface area contributed by atoms with Crippen molar-refractivity contribution in [1.82, 2.24) is 0 Å². The third-order valence-corrected chi connectivity index (χ3v) is 4.21. The zero-order valence-electron chi connectivity index (χ0n) is 14.6. The van der Waals surface area contributed by atoms with Gasteiger partial charge in [0.05, 0.1) is 10.9 Å². The number of carbonyl (C=O) groups is 1. The van der Waals surface area contributed by atoms with Crippen LogP contribution in [0, 0.1) is 12.8 Å². The smallest absolute Gasteiger partial charge is 0.360 e. The molecule has 0 amide bonds. The minimum absolute atomic E-state index is 0.277. The fourth-order valence-corrected chi connectivity index (χ4v) is 2.84. The molecule has 3 aromatic rings. The minimum Gasteiger partial charge on any atom is -0.478 e. The number of allylic oxidation sites excluding steroid dienone is 1. The second kappa shape index (κ2) is 6.89. The van der Waals surface area contributed by atoms with Crippen molar-refractivity contribution >= 4 is 28.6 Å². The Hall–Kier alpha value is -2.94. The van der Waals surface area contributed by atoms with Crippen LogP contribution in [0.2, 0.25) is 0 Å². The van der Waals surface area contributed by atoms with E-state index in [0.29, 0.717) is 0 Å². The number of aryl methyl sites for hydroxylation is 1. The lowest BCUT2D eigenvalue weighted by atomic mass is 9.93. The molecule has 1 heterocycles. The van der Waals surface area contributed by atoms with Crippen LogP contribution in [0.3, 0.4) is 0 Å². The van der Waals surface area contributed by atoms with Crippen molar-refractivity contribution in [1.29, 1.82) is 0 Å². The molecule has 2 aromatic carbocycles. The third kappa shape index (κ3) is 3.77. The first kappa shape index (κ1) is 16.9. The molecule has 0 aliphatic rings. The van der Waals surface area contributed by atoms with E-state index in [1.807, 2.05) is 36.4 Å². The van der Waals surface area contributed by atoms with Crippen molar-refractivity contribution < 1.29 is 14.3 Å². The average molecular weight is 333 g/mol. The van der Waals surface area contributed by atoms with Gasteiger partial charge in [0.1, 0.15) is 0 Å². The zero-order chi connectivity index (χ0) is 18.0. The number of carboxylic acids is 1. The molecule has 3 nitrogen and oxygen atoms in total. The van der Waals surface area contributed by atoms with Crippen molar-refractivity contribution in [2.75, 3.05) is 0 Å². The molecular weight excluding hydrogens is 312 g/mol. The zero-order valence-corrected chi connectivity index (χ0v) is 14.6. The number of fused-ring (bicyclic) bond motifs is 1. The van der Waals surface area contributed by atoms with Gasteiger partial charge in [0, 0.05) is 18.2 Å². The molecule has 0 spiro atoms. The van der Waals surface area contributed by atoms with Crippen molar-refractivity contribution in [3.8, 4) is 0 Å². The standard InChI is InChI=1S/C22H20O3/c1-14(2)20(16-5-7-17(8-6-16)22(23)24)13-19-10-9-18-12-15(3)4-11-21(18)25-19/h4-14H,1-3H3/p+1. The first-order valence-electron chi connectivity index (χ1n) is 8.33. The number of aromatic carboxylic acids is 1. The number of benzene rings is 2. The van der Waals surface area contributed by atoms with Crippen LogP contribution in [0.1, 0.15) is 41.1 Å². The van der Waals surface area contributed by atoms with Crippen LogP contribution >= 0.6 is 0 Å². The monoisotopic (exact) mass is 333 g/mol. The van der Waals surface area contributed by atoms with E-state index in [2.05, 4.69) is 32.9 Å². The Balaban J connectivity index is 2.02. The largest absolute Gasteiger partial charge is 0.478 e. The molecule has 0 unspecified atom stereocenters. The molecule has 3 heteroatoms. The van der Waals surface area contributed by atoms with Crippen LogP contribution < -0.4 is 0 Å². The fourth-order valence-electron chi connectivity index (χ4n) is 2.84. The summed E-state index contributed by atoms with van der Waals surface area (Å²) in [5.74, 6) is 0.142. The molecule has 1 aromatic heterocycles. The maximum atomic E-state index is 11.0. The van der Waals surface area contributed by atoms with Crippen LogP contribution in [0.25, 0.3) is 22.6 Å². The van der Waals surface area contributed by atoms with Gasteiger partial charge in [-0.15, -0.1) is 0 Å². The van der Waals surface area contributed by atoms with Gasteiger partial charge in [0.15, 0.2) is 0 Å². The Morgan fingerprint density at radius 1 is 1.00 bits per heavy atom. The van der Waals surface area contributed by atoms with Crippen molar-refractivity contribution in [2.24, 2.45) is 5.92 Å². The molecular formula is C22H21O3+. The summed E-state index contributed by atoms with van der Waals surface area (Å²) in [7, 11) is 0. The lowest BCUT2D eigenvalue weighted by Crippen LogP contribution is -1.98. The number of hydrogen-bond donors (Lipinski definition) is 1. The predicted octanol–water partition coefficient (Wildman–Crippen LogP) is 5.92. The highest BCUT2D eigenvalue weighted by Gasteiger charge is 2.14. The Morgan fingerprint density at radius 3 is 2.32 bits per heavy atom. The van der Waals surface area contributed by atoms with Gasteiger partial charge >= 0.3 is 17.3 Å². The first-order valence-corrected chi connectivity index (χ1v) is 8.33. The summed E-state index contributed by atoms with van der Waals surface area (Å²) in [5, 5.41) is 10.1. The van der Waals surface area contributed by atoms with Gasteiger partial charge in [0.25, 0.3) is 0 Å². The van der Waals surface area contributed by atoms with Gasteiger partial charge in [0.2, 0.25) is 0 Å². The predicted molar refractivity (Wildman–Crippen MR) is 101 cm³/mol. The summed E-state index contributed by atoms with van der Waals surface area (Å²) in [5.41, 5.74) is 4.44. The maximum Gasteiger partial charge on any atom is 0.360 e. The van der Waals surface area contributed by atoms with Gasteiger partial charge in [-0.1, -0.05) is 26.0 Å². The van der Waals surface area contributed by atoms with Gasteiger partial charge in [-0.25, -0.2) is 9.21 Å². The molecule has 0 aliphatic carbocycles. The first-order chi connectivity index (χ1) is 11.9. The molecule has 0 saturated carbocycles. The van der Waals surface area contributed by atoms with E-state index in [-0.39, 0.29) is 11.5 Å². The number of rotatable bonds is 4. The Kier molecular flexibility index (Phi) is 4.66. The van der Waals surface area contributed by atoms with Crippen LogP contribution in [0.4, 0.5) is 0 Å². The summed E-state index contributed by atoms with van der Waals surface area (Å²) in [4.78, 5) is 11.0. The molecule has 0 bridgehead atoms. The number of carboxylic acid groups (broad SMARTS) is 1. The highest BCUT2D eigenvalue weighted by Crippen LogP contribution is 2.27. The van der Waals surface area contributed by atoms with E-state index in [1.54, 1.807) is 12.1 Å². The normalized spacial score (nSPS) is 11.9. The lowest BCUT2D eigenvalue weighted by molar-refractivity contribution is 0.0697. The van der Waals surface area contributed by atoms with Crippen LogP contribution in [-0.2, 0) is 0 Å². The molecule has 25 heavy (non-hydrogen) atoms. The summed E-state index contributed by atoms with van der Waals surface area (Å²) in [6.07, 6.45) is 2.03. The van der Waals surface area contributed by atoms with Gasteiger partial charge in [-0.2, -0.15) is 0 Å². The van der Waals surface area contributed by atoms with E-state index < -0.39 is 5.97 Å². The quantitative estimate of drug-likeness (QED) is 0.603. The van der Waals surface area contributed by atoms with Crippen molar-refractivity contribution in [2.45, 2.75) is 20.8 Å². The Labute approximate surface area is 147 Å². The highest BCUT2D eigenvalue weighted by molar-refractivity contribution is 5.89. The molecule has 0 radical (unpaired) electrons. The topological polar surface area (TPSA) is 48.6 Å². The minimum atomic E-state index is -0.915. The third-order valence-electron chi connectivity index (χ3n) is 4.21. The molecule has 0 saturated heterocycles. The van der Waals surface area contributed by atoms with E-state index >= 15 is 0 Å². The Bertz CT molecular complexity index is 951. The molecule has 0 atom stereocenters. The molecule has 126 valence electrons. The SMILES string of the molecule is Cc1ccc2[o+]c(C=C(c3ccc(C(=O)O)cc3)C(C)C)ccc2c1. The van der Waals surface area contributed by atoms with E-state index in [9.17, 15) is 4.79 Å². The number of hydrogen-bond acceptors (Lipinski definition) is 1. The molecule has 1 N–H and O–H groups in total. The second-order valence-electron chi connectivity index (χ2n) is 6.52. The molecule has 0 aliphatic heterocycles. The highest BCUT2D eigenvalue weighted by atomic mass is 16.4. The van der Waals surface area contributed by atoms with Gasteiger partial charge in [-0.05, 0) is 59.9 Å². The summed E-state index contributed by atoms with van der Waals surface area (Å²) < 4.78 is 6.01. The van der Waals surface area contributed by atoms with E-state index in [1.165, 1.54) is 5.56 Å². The molecule has 3 rings (SSSR count). The molecule has 0 fully saturated rings. The van der Waals surface area contributed by atoms with Gasteiger partial charge < -0.3 is 5.11 Å². The van der Waals surface area contributed by atoms with Gasteiger partial charge in [-0.3, -0.25) is 0 Å². The van der Waals surface area contributed by atoms with E-state index in [0.717, 1.165) is 27.9 Å². The average Bonchev–Trinajstić information content (AvgIpc) is 2.59. The van der Waals surface area contributed by atoms with Crippen LogP contribution in [0.15, 0.2) is 59.0 Å². The fraction of sp³-hybridized carbons (Fsp3) is 0.182.